The number of fused-ring (bicyclic) bond motifs is 5. The van der Waals surface area contributed by atoms with Crippen LogP contribution >= 0.6 is 0 Å². The maximum Gasteiger partial charge on any atom is 0.338 e. The monoisotopic (exact) mass is 956 g/mol. The predicted octanol–water partition coefficient (Wildman–Crippen LogP) is 0.511. The molecule has 2 saturated carbocycles. The van der Waals surface area contributed by atoms with Crippen molar-refractivity contribution in [3.63, 3.8) is 0 Å². The van der Waals surface area contributed by atoms with Gasteiger partial charge in [-0.1, -0.05) is 32.0 Å². The summed E-state index contributed by atoms with van der Waals surface area (Å²) in [6.45, 7) is 6.07. The molecule has 4 aliphatic rings. The fraction of sp³-hybridized carbons (Fsp3) is 0.630. The summed E-state index contributed by atoms with van der Waals surface area (Å²) in [6, 6.07) is 8.12. The molecule has 0 spiro atoms. The van der Waals surface area contributed by atoms with Gasteiger partial charge >= 0.3 is 5.97 Å². The average molecular weight is 957 g/mol. The number of aliphatic hydroxyl groups excluding tert-OH is 3. The van der Waals surface area contributed by atoms with Crippen LogP contribution in [0.2, 0.25) is 0 Å². The second-order valence-corrected chi connectivity index (χ2v) is 11.6. The van der Waals surface area contributed by atoms with Crippen molar-refractivity contribution in [1.29, 1.82) is 0 Å². The first-order valence-electron chi connectivity index (χ1n) is 12.3. The summed E-state index contributed by atoms with van der Waals surface area (Å²) in [7, 11) is 0. The molecule has 1 heterocycles. The number of ether oxygens (including phenoxy) is 2. The number of carbonyl (C=O) groups is 2. The molecule has 1 saturated heterocycles. The fourth-order valence-corrected chi connectivity index (χ4v) is 7.26. The molecular formula is C27H34Ac2O9. The van der Waals surface area contributed by atoms with Gasteiger partial charge in [0.05, 0.1) is 35.9 Å². The van der Waals surface area contributed by atoms with E-state index >= 15 is 0 Å². The van der Waals surface area contributed by atoms with Gasteiger partial charge in [0.1, 0.15) is 23.4 Å². The normalized spacial score (nSPS) is 43.1. The summed E-state index contributed by atoms with van der Waals surface area (Å²) in [5.74, 6) is -2.89. The zero-order valence-corrected chi connectivity index (χ0v) is 31.5. The molecule has 1 unspecified atom stereocenters. The molecule has 2 radical (unpaired) electrons. The standard InChI is InChI=1S/C27H34O9.2Ac/c1-13-15(28)11-27(34)22(36-23(32)14-8-6-5-7-9-14)20-25(4,16(29)10-17-26(20,33)12-35-17)21(31)19(30)18(13)24(27,2)3;;/h5-9,15-17,19-20,22,28-30,33-34H,10-12H2,1-4H3;;/t15?,16-,17+,19+,20-,22-,25+,26-,27+;;/m0../s1. The summed E-state index contributed by atoms with van der Waals surface area (Å²) >= 11 is 0. The first-order chi connectivity index (χ1) is 16.7. The van der Waals surface area contributed by atoms with E-state index in [2.05, 4.69) is 0 Å². The molecule has 5 N–H and O–H groups in total. The van der Waals surface area contributed by atoms with Gasteiger partial charge in [-0.25, -0.2) is 4.79 Å². The Bertz CT molecular complexity index is 1140. The summed E-state index contributed by atoms with van der Waals surface area (Å²) in [5, 5.41) is 57.9. The minimum atomic E-state index is -2.02. The maximum absolute atomic E-state index is 14.0. The summed E-state index contributed by atoms with van der Waals surface area (Å²) in [4.78, 5) is 27.4. The van der Waals surface area contributed by atoms with Crippen LogP contribution in [0.5, 0.6) is 0 Å². The number of esters is 1. The molecule has 1 aromatic rings. The number of aliphatic hydroxyl groups is 5. The number of hydrogen-bond acceptors (Lipinski definition) is 9. The van der Waals surface area contributed by atoms with Crippen LogP contribution in [0.25, 0.3) is 0 Å². The van der Waals surface area contributed by atoms with Crippen LogP contribution in [0.3, 0.4) is 0 Å². The molecule has 11 heteroatoms. The quantitative estimate of drug-likeness (QED) is 0.211. The van der Waals surface area contributed by atoms with Crippen LogP contribution in [0.1, 0.15) is 50.9 Å². The molecule has 3 fully saturated rings. The van der Waals surface area contributed by atoms with E-state index in [1.165, 1.54) is 6.92 Å². The Labute approximate surface area is 293 Å². The minimum absolute atomic E-state index is 0. The molecule has 1 aliphatic heterocycles. The summed E-state index contributed by atoms with van der Waals surface area (Å²) < 4.78 is 11.6. The maximum atomic E-state index is 14.0. The second kappa shape index (κ2) is 11.1. The van der Waals surface area contributed by atoms with E-state index in [1.807, 2.05) is 0 Å². The van der Waals surface area contributed by atoms with Gasteiger partial charge < -0.3 is 35.0 Å². The van der Waals surface area contributed by atoms with Crippen molar-refractivity contribution < 1.29 is 133 Å². The van der Waals surface area contributed by atoms with Gasteiger partial charge in [-0.15, -0.1) is 0 Å². The molecular weight excluding hydrogens is 922 g/mol. The van der Waals surface area contributed by atoms with Crippen LogP contribution in [-0.4, -0.2) is 85.6 Å². The SMILES string of the molecule is CC1=C2[C@@H](O)C(=O)[C@@]3(C)[C@H]([C@H](OC(=O)c4ccccc4)[C@](O)(CC1O)C2(C)C)[C@]1(O)CO[C@@H]1C[C@@H]3O.[Ac].[Ac]. The van der Waals surface area contributed by atoms with Gasteiger partial charge in [0.25, 0.3) is 0 Å². The van der Waals surface area contributed by atoms with Crippen LogP contribution in [0, 0.1) is 105 Å². The predicted molar refractivity (Wildman–Crippen MR) is 126 cm³/mol. The largest absolute Gasteiger partial charge is 0.455 e. The molecule has 2 bridgehead atoms. The molecule has 5 rings (SSSR count). The van der Waals surface area contributed by atoms with E-state index in [9.17, 15) is 35.1 Å². The Morgan fingerprint density at radius 2 is 1.66 bits per heavy atom. The average Bonchev–Trinajstić information content (AvgIpc) is 2.83. The molecule has 9 atom stereocenters. The zero-order chi connectivity index (χ0) is 26.4. The van der Waals surface area contributed by atoms with Gasteiger partial charge in [0.15, 0.2) is 5.78 Å². The molecule has 9 nitrogen and oxygen atoms in total. The first-order valence-corrected chi connectivity index (χ1v) is 12.3. The zero-order valence-electron chi connectivity index (χ0n) is 22.0. The van der Waals surface area contributed by atoms with E-state index in [0.717, 1.165) is 0 Å². The number of benzene rings is 1. The van der Waals surface area contributed by atoms with Crippen molar-refractivity contribution in [3.05, 3.63) is 47.0 Å². The van der Waals surface area contributed by atoms with E-state index in [0.29, 0.717) is 5.57 Å². The Balaban J connectivity index is 0.00000200. The minimum Gasteiger partial charge on any atom is -0.455 e. The van der Waals surface area contributed by atoms with E-state index in [-0.39, 0.29) is 119 Å². The third kappa shape index (κ3) is 4.45. The Morgan fingerprint density at radius 3 is 2.21 bits per heavy atom. The Morgan fingerprint density at radius 1 is 1.05 bits per heavy atom. The van der Waals surface area contributed by atoms with Gasteiger partial charge in [-0.3, -0.25) is 4.79 Å². The number of Topliss-reactive ketones (excluding diaryl/α,β-unsaturated/α-hetero) is 1. The number of hydrogen-bond donors (Lipinski definition) is 5. The molecule has 3 aliphatic carbocycles. The van der Waals surface area contributed by atoms with E-state index < -0.39 is 70.2 Å². The summed E-state index contributed by atoms with van der Waals surface area (Å²) in [6.07, 6.45) is -7.08. The third-order valence-electron chi connectivity index (χ3n) is 9.64. The number of rotatable bonds is 2. The van der Waals surface area contributed by atoms with Gasteiger partial charge in [-0.2, -0.15) is 0 Å². The molecule has 0 amide bonds. The molecule has 1 aromatic carbocycles. The van der Waals surface area contributed by atoms with Crippen LogP contribution < -0.4 is 0 Å². The van der Waals surface area contributed by atoms with Gasteiger partial charge in [0.2, 0.25) is 0 Å². The van der Waals surface area contributed by atoms with Crippen molar-refractivity contribution in [2.45, 2.75) is 82.3 Å². The number of carbonyl (C=O) groups excluding carboxylic acids is 2. The van der Waals surface area contributed by atoms with Crippen molar-refractivity contribution >= 4 is 11.8 Å². The Hall–Kier alpha value is 0.743. The topological polar surface area (TPSA) is 154 Å². The van der Waals surface area contributed by atoms with Gasteiger partial charge in [-0.05, 0) is 37.1 Å². The van der Waals surface area contributed by atoms with Crippen LogP contribution in [0.15, 0.2) is 41.5 Å². The fourth-order valence-electron chi connectivity index (χ4n) is 7.26. The number of ketones is 1. The molecule has 0 aromatic heterocycles. The van der Waals surface area contributed by atoms with E-state index in [4.69, 9.17) is 9.47 Å². The van der Waals surface area contributed by atoms with Crippen molar-refractivity contribution in [1.82, 2.24) is 0 Å². The van der Waals surface area contributed by atoms with Crippen LogP contribution in [-0.2, 0) is 14.3 Å². The van der Waals surface area contributed by atoms with E-state index in [1.54, 1.807) is 51.1 Å². The third-order valence-corrected chi connectivity index (χ3v) is 9.64. The van der Waals surface area contributed by atoms with Crippen molar-refractivity contribution in [2.75, 3.05) is 6.61 Å². The van der Waals surface area contributed by atoms with Crippen LogP contribution in [0.4, 0.5) is 0 Å². The molecule has 202 valence electrons. The smallest absolute Gasteiger partial charge is 0.338 e. The van der Waals surface area contributed by atoms with Gasteiger partial charge in [0, 0.05) is 112 Å². The molecule has 38 heavy (non-hydrogen) atoms. The second-order valence-electron chi connectivity index (χ2n) is 11.6. The first kappa shape index (κ1) is 33.2. The van der Waals surface area contributed by atoms with Crippen molar-refractivity contribution in [3.8, 4) is 0 Å². The van der Waals surface area contributed by atoms with Crippen molar-refractivity contribution in [2.24, 2.45) is 16.7 Å². The Kier molecular flexibility index (Phi) is 9.71. The summed E-state index contributed by atoms with van der Waals surface area (Å²) in [5.41, 5.74) is -6.24.